The summed E-state index contributed by atoms with van der Waals surface area (Å²) < 4.78 is 0. The number of carbonyl (C=O) groups is 1. The summed E-state index contributed by atoms with van der Waals surface area (Å²) in [6, 6.07) is 1.97. The van der Waals surface area contributed by atoms with E-state index in [4.69, 9.17) is 0 Å². The van der Waals surface area contributed by atoms with E-state index in [0.717, 1.165) is 49.0 Å². The van der Waals surface area contributed by atoms with Crippen LogP contribution in [-0.2, 0) is 11.2 Å². The van der Waals surface area contributed by atoms with Gasteiger partial charge in [0.05, 0.1) is 0 Å². The average molecular weight is 317 g/mol. The molecule has 1 aliphatic rings. The maximum atomic E-state index is 11.5. The summed E-state index contributed by atoms with van der Waals surface area (Å²) >= 11 is 1.54. The number of rotatable bonds is 4. The molecule has 0 spiro atoms. The molecule has 0 saturated carbocycles. The van der Waals surface area contributed by atoms with Crippen LogP contribution in [0.2, 0.25) is 0 Å². The van der Waals surface area contributed by atoms with Crippen molar-refractivity contribution in [2.75, 3.05) is 18.4 Å². The molecule has 3 rings (SSSR count). The molecule has 7 heteroatoms. The number of nitrogens with one attached hydrogen (secondary N) is 1. The Labute approximate surface area is 133 Å². The van der Waals surface area contributed by atoms with Crippen LogP contribution in [0.1, 0.15) is 25.5 Å². The zero-order valence-electron chi connectivity index (χ0n) is 12.5. The number of aromatic nitrogens is 3. The molecule has 2 aromatic rings. The van der Waals surface area contributed by atoms with Crippen LogP contribution in [0.5, 0.6) is 0 Å². The molecule has 116 valence electrons. The van der Waals surface area contributed by atoms with Gasteiger partial charge in [-0.3, -0.25) is 4.79 Å². The fraction of sp³-hybridized carbons (Fsp3) is 0.467. The Balaban J connectivity index is 1.63. The molecule has 1 saturated heterocycles. The molecule has 0 aromatic carbocycles. The maximum absolute atomic E-state index is 11.5. The molecule has 0 radical (unpaired) electrons. The van der Waals surface area contributed by atoms with Crippen LogP contribution in [0.25, 0.3) is 0 Å². The van der Waals surface area contributed by atoms with Crippen molar-refractivity contribution in [3.05, 3.63) is 29.7 Å². The van der Waals surface area contributed by atoms with Gasteiger partial charge in [-0.25, -0.2) is 15.0 Å². The summed E-state index contributed by atoms with van der Waals surface area (Å²) in [4.78, 5) is 26.2. The highest BCUT2D eigenvalue weighted by molar-refractivity contribution is 7.13. The highest BCUT2D eigenvalue weighted by Crippen LogP contribution is 2.22. The van der Waals surface area contributed by atoms with E-state index in [1.807, 2.05) is 16.3 Å². The number of carbonyl (C=O) groups excluding carboxylic acids is 1. The number of hydrogen-bond acceptors (Lipinski definition) is 6. The van der Waals surface area contributed by atoms with Crippen LogP contribution in [0.4, 0.5) is 10.9 Å². The van der Waals surface area contributed by atoms with Crippen LogP contribution in [0.15, 0.2) is 24.0 Å². The lowest BCUT2D eigenvalue weighted by Gasteiger charge is -2.31. The quantitative estimate of drug-likeness (QED) is 0.938. The Morgan fingerprint density at radius 1 is 1.45 bits per heavy atom. The molecule has 2 aromatic heterocycles. The fourth-order valence-corrected chi connectivity index (χ4v) is 3.32. The van der Waals surface area contributed by atoms with Gasteiger partial charge in [0.1, 0.15) is 12.1 Å². The van der Waals surface area contributed by atoms with Crippen molar-refractivity contribution in [3.63, 3.8) is 0 Å². The van der Waals surface area contributed by atoms with E-state index in [1.165, 1.54) is 11.3 Å². The second-order valence-electron chi connectivity index (χ2n) is 5.53. The van der Waals surface area contributed by atoms with Crippen molar-refractivity contribution < 1.29 is 4.79 Å². The van der Waals surface area contributed by atoms with Crippen LogP contribution < -0.4 is 5.32 Å². The molecule has 1 fully saturated rings. The minimum atomic E-state index is 0.165. The van der Waals surface area contributed by atoms with Crippen molar-refractivity contribution in [2.45, 2.75) is 26.2 Å². The van der Waals surface area contributed by atoms with Crippen molar-refractivity contribution in [2.24, 2.45) is 5.92 Å². The minimum Gasteiger partial charge on any atom is -0.343 e. The van der Waals surface area contributed by atoms with Gasteiger partial charge < -0.3 is 10.2 Å². The largest absolute Gasteiger partial charge is 0.343 e. The molecule has 1 atom stereocenters. The van der Waals surface area contributed by atoms with Gasteiger partial charge in [0, 0.05) is 43.4 Å². The molecule has 3 heterocycles. The van der Waals surface area contributed by atoms with Gasteiger partial charge in [0.25, 0.3) is 0 Å². The fourth-order valence-electron chi connectivity index (χ4n) is 2.79. The maximum Gasteiger partial charge on any atom is 0.219 e. The van der Waals surface area contributed by atoms with E-state index in [2.05, 4.69) is 20.3 Å². The van der Waals surface area contributed by atoms with Crippen molar-refractivity contribution in [1.82, 2.24) is 19.9 Å². The number of piperidine rings is 1. The predicted octanol–water partition coefficient (Wildman–Crippen LogP) is 2.48. The third kappa shape index (κ3) is 3.79. The van der Waals surface area contributed by atoms with E-state index in [0.29, 0.717) is 5.92 Å². The van der Waals surface area contributed by atoms with Crippen LogP contribution in [-0.4, -0.2) is 38.8 Å². The lowest BCUT2D eigenvalue weighted by atomic mass is 9.93. The van der Waals surface area contributed by atoms with Gasteiger partial charge in [-0.2, -0.15) is 0 Å². The number of hydrogen-bond donors (Lipinski definition) is 1. The summed E-state index contributed by atoms with van der Waals surface area (Å²) in [5, 5.41) is 5.92. The highest BCUT2D eigenvalue weighted by atomic mass is 32.1. The second kappa shape index (κ2) is 6.83. The van der Waals surface area contributed by atoms with Crippen molar-refractivity contribution in [3.8, 4) is 0 Å². The molecule has 22 heavy (non-hydrogen) atoms. The number of anilines is 2. The molecule has 0 bridgehead atoms. The Morgan fingerprint density at radius 2 is 2.36 bits per heavy atom. The molecule has 6 nitrogen and oxygen atoms in total. The highest BCUT2D eigenvalue weighted by Gasteiger charge is 2.22. The second-order valence-corrected chi connectivity index (χ2v) is 6.43. The van der Waals surface area contributed by atoms with Crippen LogP contribution in [0, 0.1) is 5.92 Å². The molecule has 0 aliphatic carbocycles. The van der Waals surface area contributed by atoms with E-state index in [1.54, 1.807) is 19.4 Å². The standard InChI is InChI=1S/C15H19N5OS/c1-11(21)20-5-2-3-12(9-20)7-13-8-14(18-10-17-13)19-15-16-4-6-22-15/h4,6,8,10,12H,2-3,5,7,9H2,1H3,(H,16,17,18,19)/t12-/m1/s1. The van der Waals surface area contributed by atoms with Crippen LogP contribution in [0.3, 0.4) is 0 Å². The Bertz CT molecular complexity index is 631. The summed E-state index contributed by atoms with van der Waals surface area (Å²) in [7, 11) is 0. The predicted molar refractivity (Wildman–Crippen MR) is 86.1 cm³/mol. The van der Waals surface area contributed by atoms with Gasteiger partial charge >= 0.3 is 0 Å². The van der Waals surface area contributed by atoms with Gasteiger partial charge in [0.2, 0.25) is 5.91 Å². The monoisotopic (exact) mass is 317 g/mol. The summed E-state index contributed by atoms with van der Waals surface area (Å²) in [6.45, 7) is 3.35. The number of amides is 1. The van der Waals surface area contributed by atoms with Gasteiger partial charge in [-0.05, 0) is 25.2 Å². The SMILES string of the molecule is CC(=O)N1CCC[C@H](Cc2cc(Nc3nccs3)ncn2)C1. The summed E-state index contributed by atoms with van der Waals surface area (Å²) in [5.74, 6) is 1.40. The molecule has 1 aliphatic heterocycles. The lowest BCUT2D eigenvalue weighted by molar-refractivity contribution is -0.130. The molecule has 0 unspecified atom stereocenters. The average Bonchev–Trinajstić information content (AvgIpc) is 3.01. The zero-order chi connectivity index (χ0) is 15.4. The van der Waals surface area contributed by atoms with E-state index in [9.17, 15) is 4.79 Å². The van der Waals surface area contributed by atoms with Crippen molar-refractivity contribution >= 4 is 28.2 Å². The van der Waals surface area contributed by atoms with E-state index in [-0.39, 0.29) is 5.91 Å². The van der Waals surface area contributed by atoms with E-state index < -0.39 is 0 Å². The smallest absolute Gasteiger partial charge is 0.219 e. The minimum absolute atomic E-state index is 0.165. The molecular formula is C15H19N5OS. The topological polar surface area (TPSA) is 71.0 Å². The first-order chi connectivity index (χ1) is 10.7. The summed E-state index contributed by atoms with van der Waals surface area (Å²) in [6.07, 6.45) is 6.42. The number of nitrogens with zero attached hydrogens (tertiary/aromatic N) is 4. The van der Waals surface area contributed by atoms with Crippen LogP contribution >= 0.6 is 11.3 Å². The number of thiazole rings is 1. The first-order valence-electron chi connectivity index (χ1n) is 7.43. The number of likely N-dealkylation sites (tertiary alicyclic amines) is 1. The van der Waals surface area contributed by atoms with Gasteiger partial charge in [-0.15, -0.1) is 11.3 Å². The normalized spacial score (nSPS) is 18.2. The third-order valence-electron chi connectivity index (χ3n) is 3.85. The summed E-state index contributed by atoms with van der Waals surface area (Å²) in [5.41, 5.74) is 1.00. The third-order valence-corrected chi connectivity index (χ3v) is 4.54. The Morgan fingerprint density at radius 3 is 3.14 bits per heavy atom. The molecular weight excluding hydrogens is 298 g/mol. The Hall–Kier alpha value is -2.02. The Kier molecular flexibility index (Phi) is 4.62. The first-order valence-corrected chi connectivity index (χ1v) is 8.31. The molecule has 1 amide bonds. The zero-order valence-corrected chi connectivity index (χ0v) is 13.3. The van der Waals surface area contributed by atoms with Gasteiger partial charge in [-0.1, -0.05) is 0 Å². The first kappa shape index (κ1) is 14.9. The van der Waals surface area contributed by atoms with Gasteiger partial charge in [0.15, 0.2) is 5.13 Å². The van der Waals surface area contributed by atoms with E-state index >= 15 is 0 Å². The van der Waals surface area contributed by atoms with Crippen molar-refractivity contribution in [1.29, 1.82) is 0 Å². The molecule has 1 N–H and O–H groups in total. The lowest BCUT2D eigenvalue weighted by Crippen LogP contribution is -2.39.